The summed E-state index contributed by atoms with van der Waals surface area (Å²) in [6.07, 6.45) is -1.21. The minimum Gasteiger partial charge on any atom is -0.464 e. The Hall–Kier alpha value is -1.92. The van der Waals surface area contributed by atoms with Crippen LogP contribution in [0.3, 0.4) is 0 Å². The summed E-state index contributed by atoms with van der Waals surface area (Å²) < 4.78 is 25.2. The van der Waals surface area contributed by atoms with Crippen LogP contribution in [0.15, 0.2) is 73.0 Å². The van der Waals surface area contributed by atoms with Crippen molar-refractivity contribution >= 4 is 18.7 Å². The van der Waals surface area contributed by atoms with Crippen LogP contribution in [0.2, 0.25) is 5.04 Å². The van der Waals surface area contributed by atoms with Crippen LogP contribution in [0.1, 0.15) is 34.6 Å². The van der Waals surface area contributed by atoms with Gasteiger partial charge in [0, 0.05) is 0 Å². The molecule has 2 aliphatic heterocycles. The quantitative estimate of drug-likeness (QED) is 0.715. The van der Waals surface area contributed by atoms with Gasteiger partial charge < -0.3 is 18.6 Å². The molecule has 2 aromatic carbocycles. The Labute approximate surface area is 174 Å². The molecule has 0 spiro atoms. The van der Waals surface area contributed by atoms with E-state index >= 15 is 0 Å². The first-order chi connectivity index (χ1) is 13.6. The molecule has 2 aromatic rings. The van der Waals surface area contributed by atoms with Gasteiger partial charge in [-0.25, -0.2) is 0 Å². The van der Waals surface area contributed by atoms with Crippen LogP contribution in [0.4, 0.5) is 0 Å². The molecule has 0 bridgehead atoms. The summed E-state index contributed by atoms with van der Waals surface area (Å²) in [6.45, 7) is 14.7. The Morgan fingerprint density at radius 1 is 0.897 bits per heavy atom. The molecular weight excluding hydrogens is 380 g/mol. The average molecular weight is 411 g/mol. The summed E-state index contributed by atoms with van der Waals surface area (Å²) in [5, 5.41) is 2.30. The lowest BCUT2D eigenvalue weighted by Gasteiger charge is -2.45. The molecule has 3 atom stereocenters. The van der Waals surface area contributed by atoms with Crippen LogP contribution in [0.5, 0.6) is 0 Å². The molecule has 1 unspecified atom stereocenters. The van der Waals surface area contributed by atoms with Gasteiger partial charge in [0.1, 0.15) is 11.9 Å². The van der Waals surface area contributed by atoms with Gasteiger partial charge in [-0.2, -0.15) is 0 Å². The van der Waals surface area contributed by atoms with Gasteiger partial charge in [-0.15, -0.1) is 0 Å². The summed E-state index contributed by atoms with van der Waals surface area (Å²) in [7, 11) is -2.74. The number of rotatable bonds is 4. The first kappa shape index (κ1) is 20.4. The van der Waals surface area contributed by atoms with Crippen LogP contribution >= 0.6 is 0 Å². The number of benzene rings is 2. The lowest BCUT2D eigenvalue weighted by atomic mass is 10.2. The van der Waals surface area contributed by atoms with Gasteiger partial charge in [0.25, 0.3) is 8.32 Å². The van der Waals surface area contributed by atoms with Crippen LogP contribution in [-0.2, 0) is 18.6 Å². The predicted octanol–water partition coefficient (Wildman–Crippen LogP) is 3.95. The molecular formula is C24H30O4Si. The first-order valence-corrected chi connectivity index (χ1v) is 12.0. The maximum Gasteiger partial charge on any atom is 0.262 e. The van der Waals surface area contributed by atoms with E-state index in [0.29, 0.717) is 5.76 Å². The van der Waals surface area contributed by atoms with Crippen molar-refractivity contribution < 1.29 is 18.6 Å². The zero-order chi connectivity index (χ0) is 20.9. The SMILES string of the molecule is C=C1O[C@@H]2OC(C)(C)OC2[C@H]1O[Si](c1ccccc1)(c1ccccc1)C(C)(C)C. The van der Waals surface area contributed by atoms with E-state index in [-0.39, 0.29) is 11.1 Å². The fourth-order valence-electron chi connectivity index (χ4n) is 4.47. The normalized spacial score (nSPS) is 26.2. The lowest BCUT2D eigenvalue weighted by molar-refractivity contribution is -0.188. The lowest BCUT2D eigenvalue weighted by Crippen LogP contribution is -2.68. The summed E-state index contributed by atoms with van der Waals surface area (Å²) in [6, 6.07) is 21.1. The van der Waals surface area contributed by atoms with E-state index in [1.807, 2.05) is 26.0 Å². The van der Waals surface area contributed by atoms with E-state index < -0.39 is 26.5 Å². The third-order valence-electron chi connectivity index (χ3n) is 5.69. The van der Waals surface area contributed by atoms with E-state index in [4.69, 9.17) is 18.6 Å². The second kappa shape index (κ2) is 7.09. The Kier molecular flexibility index (Phi) is 4.98. The zero-order valence-electron chi connectivity index (χ0n) is 17.8. The van der Waals surface area contributed by atoms with Gasteiger partial charge >= 0.3 is 0 Å². The molecule has 2 aliphatic rings. The van der Waals surface area contributed by atoms with Crippen LogP contribution < -0.4 is 10.4 Å². The molecule has 2 fully saturated rings. The highest BCUT2D eigenvalue weighted by molar-refractivity contribution is 6.99. The molecule has 2 saturated heterocycles. The van der Waals surface area contributed by atoms with Crippen molar-refractivity contribution in [1.82, 2.24) is 0 Å². The van der Waals surface area contributed by atoms with Crippen molar-refractivity contribution in [2.75, 3.05) is 0 Å². The second-order valence-electron chi connectivity index (χ2n) is 9.25. The summed E-state index contributed by atoms with van der Waals surface area (Å²) >= 11 is 0. The topological polar surface area (TPSA) is 36.9 Å². The Morgan fingerprint density at radius 2 is 1.41 bits per heavy atom. The minimum atomic E-state index is -2.74. The molecule has 0 saturated carbocycles. The average Bonchev–Trinajstić information content (AvgIpc) is 3.10. The minimum absolute atomic E-state index is 0.136. The number of ether oxygens (including phenoxy) is 3. The largest absolute Gasteiger partial charge is 0.464 e. The molecule has 0 amide bonds. The Morgan fingerprint density at radius 3 is 1.90 bits per heavy atom. The van der Waals surface area contributed by atoms with E-state index in [9.17, 15) is 0 Å². The van der Waals surface area contributed by atoms with Crippen LogP contribution in [-0.4, -0.2) is 32.6 Å². The number of hydrogen-bond acceptors (Lipinski definition) is 4. The third-order valence-corrected chi connectivity index (χ3v) is 10.7. The molecule has 5 heteroatoms. The molecule has 4 rings (SSSR count). The molecule has 0 aliphatic carbocycles. The van der Waals surface area contributed by atoms with Crippen molar-refractivity contribution in [2.24, 2.45) is 0 Å². The van der Waals surface area contributed by atoms with Crippen molar-refractivity contribution in [3.63, 3.8) is 0 Å². The predicted molar refractivity (Wildman–Crippen MR) is 117 cm³/mol. The van der Waals surface area contributed by atoms with Crippen molar-refractivity contribution in [3.05, 3.63) is 73.0 Å². The third kappa shape index (κ3) is 3.46. The second-order valence-corrected chi connectivity index (χ2v) is 13.5. The van der Waals surface area contributed by atoms with Crippen molar-refractivity contribution in [3.8, 4) is 0 Å². The fraction of sp³-hybridized carbons (Fsp3) is 0.417. The fourth-order valence-corrected chi connectivity index (χ4v) is 9.13. The van der Waals surface area contributed by atoms with Crippen molar-refractivity contribution in [2.45, 2.75) is 63.9 Å². The highest BCUT2D eigenvalue weighted by Crippen LogP contribution is 2.44. The molecule has 0 aromatic heterocycles. The van der Waals surface area contributed by atoms with Gasteiger partial charge in [0.15, 0.2) is 11.9 Å². The summed E-state index contributed by atoms with van der Waals surface area (Å²) in [4.78, 5) is 0. The number of fused-ring (bicyclic) bond motifs is 1. The summed E-state index contributed by atoms with van der Waals surface area (Å²) in [5.74, 6) is -0.133. The maximum absolute atomic E-state index is 7.16. The standard InChI is InChI=1S/C24H30O4Si/c1-17-20(21-22(25-17)27-24(5,6)26-21)28-29(23(2,3)4,18-13-9-7-10-14-18)19-15-11-8-12-16-19/h7-16,20-22H,1H2,2-6H3/t20-,21?,22+/m0/s1. The van der Waals surface area contributed by atoms with E-state index in [2.05, 4.69) is 75.9 Å². The maximum atomic E-state index is 7.16. The van der Waals surface area contributed by atoms with Crippen LogP contribution in [0, 0.1) is 0 Å². The van der Waals surface area contributed by atoms with E-state index in [1.54, 1.807) is 0 Å². The highest BCUT2D eigenvalue weighted by Gasteiger charge is 2.59. The smallest absolute Gasteiger partial charge is 0.262 e. The Bertz CT molecular complexity index is 833. The van der Waals surface area contributed by atoms with Gasteiger partial charge in [-0.05, 0) is 29.3 Å². The summed E-state index contributed by atoms with van der Waals surface area (Å²) in [5.41, 5.74) is 0. The highest BCUT2D eigenvalue weighted by atomic mass is 28.4. The number of hydrogen-bond donors (Lipinski definition) is 0. The Balaban J connectivity index is 1.84. The first-order valence-electron chi connectivity index (χ1n) is 10.1. The van der Waals surface area contributed by atoms with Gasteiger partial charge in [-0.1, -0.05) is 88.0 Å². The van der Waals surface area contributed by atoms with Gasteiger partial charge in [-0.3, -0.25) is 0 Å². The van der Waals surface area contributed by atoms with Crippen LogP contribution in [0.25, 0.3) is 0 Å². The molecule has 2 heterocycles. The van der Waals surface area contributed by atoms with E-state index in [0.717, 1.165) is 0 Å². The van der Waals surface area contributed by atoms with Gasteiger partial charge in [0.05, 0.1) is 0 Å². The molecule has 154 valence electrons. The molecule has 0 radical (unpaired) electrons. The zero-order valence-corrected chi connectivity index (χ0v) is 18.8. The van der Waals surface area contributed by atoms with Crippen molar-refractivity contribution in [1.29, 1.82) is 0 Å². The monoisotopic (exact) mass is 410 g/mol. The molecule has 29 heavy (non-hydrogen) atoms. The molecule has 4 nitrogen and oxygen atoms in total. The van der Waals surface area contributed by atoms with Gasteiger partial charge in [0.2, 0.25) is 6.29 Å². The van der Waals surface area contributed by atoms with E-state index in [1.165, 1.54) is 10.4 Å². The molecule has 0 N–H and O–H groups in total.